The van der Waals surface area contributed by atoms with Crippen LogP contribution in [0, 0.1) is 5.92 Å². The maximum atomic E-state index is 12.5. The van der Waals surface area contributed by atoms with Crippen LogP contribution in [0.3, 0.4) is 0 Å². The Morgan fingerprint density at radius 3 is 2.68 bits per heavy atom. The number of sulfonamides is 1. The molecular formula is C14H25ClN4O2S. The number of aryl methyl sites for hydroxylation is 2. The SMILES string of the molecule is Cl.NCC(NS(=O)(=O)c1cn2c(n1)CCCC2)C1CCCC1. The van der Waals surface area contributed by atoms with Crippen molar-refractivity contribution in [1.82, 2.24) is 14.3 Å². The van der Waals surface area contributed by atoms with Crippen molar-refractivity contribution in [2.45, 2.75) is 62.6 Å². The standard InChI is InChI=1S/C14H24N4O2S.ClH/c15-9-12(11-5-1-2-6-11)17-21(19,20)14-10-18-8-4-3-7-13(18)16-14;/h10-12,17H,1-9,15H2;1H. The summed E-state index contributed by atoms with van der Waals surface area (Å²) in [5.74, 6) is 1.24. The molecule has 0 spiro atoms. The van der Waals surface area contributed by atoms with Gasteiger partial charge in [-0.25, -0.2) is 18.1 Å². The van der Waals surface area contributed by atoms with Gasteiger partial charge in [0.15, 0.2) is 5.03 Å². The van der Waals surface area contributed by atoms with Crippen molar-refractivity contribution in [1.29, 1.82) is 0 Å². The number of nitrogens with zero attached hydrogens (tertiary/aromatic N) is 2. The van der Waals surface area contributed by atoms with E-state index in [1.165, 1.54) is 12.8 Å². The van der Waals surface area contributed by atoms with Gasteiger partial charge in [-0.1, -0.05) is 12.8 Å². The van der Waals surface area contributed by atoms with Crippen molar-refractivity contribution in [3.8, 4) is 0 Å². The van der Waals surface area contributed by atoms with Gasteiger partial charge in [-0.2, -0.15) is 0 Å². The van der Waals surface area contributed by atoms with Crippen molar-refractivity contribution in [3.63, 3.8) is 0 Å². The van der Waals surface area contributed by atoms with E-state index in [0.29, 0.717) is 12.5 Å². The third kappa shape index (κ3) is 3.64. The molecule has 3 N–H and O–H groups in total. The molecule has 2 aliphatic rings. The van der Waals surface area contributed by atoms with E-state index in [1.807, 2.05) is 4.57 Å². The van der Waals surface area contributed by atoms with E-state index >= 15 is 0 Å². The predicted octanol–water partition coefficient (Wildman–Crippen LogP) is 1.44. The second kappa shape index (κ2) is 7.29. The first-order chi connectivity index (χ1) is 10.1. The molecule has 2 heterocycles. The van der Waals surface area contributed by atoms with Crippen LogP contribution in [-0.4, -0.2) is 30.6 Å². The number of fused-ring (bicyclic) bond motifs is 1. The highest BCUT2D eigenvalue weighted by atomic mass is 35.5. The van der Waals surface area contributed by atoms with E-state index in [1.54, 1.807) is 6.20 Å². The van der Waals surface area contributed by atoms with Gasteiger partial charge in [0.1, 0.15) is 5.82 Å². The fourth-order valence-corrected chi connectivity index (χ4v) is 4.77. The van der Waals surface area contributed by atoms with E-state index in [9.17, 15) is 8.42 Å². The molecule has 1 fully saturated rings. The number of nitrogens with one attached hydrogen (secondary N) is 1. The minimum Gasteiger partial charge on any atom is -0.333 e. The monoisotopic (exact) mass is 348 g/mol. The lowest BCUT2D eigenvalue weighted by molar-refractivity contribution is 0.405. The molecule has 1 aromatic heterocycles. The molecule has 1 atom stereocenters. The van der Waals surface area contributed by atoms with Gasteiger partial charge in [-0.15, -0.1) is 12.4 Å². The molecular weight excluding hydrogens is 324 g/mol. The Morgan fingerprint density at radius 2 is 2.05 bits per heavy atom. The lowest BCUT2D eigenvalue weighted by Crippen LogP contribution is -2.44. The zero-order valence-corrected chi connectivity index (χ0v) is 14.3. The Hall–Kier alpha value is -0.630. The van der Waals surface area contributed by atoms with Crippen LogP contribution in [0.5, 0.6) is 0 Å². The average Bonchev–Trinajstić information content (AvgIpc) is 3.13. The molecule has 0 radical (unpaired) electrons. The predicted molar refractivity (Wildman–Crippen MR) is 87.5 cm³/mol. The summed E-state index contributed by atoms with van der Waals surface area (Å²) < 4.78 is 29.8. The fraction of sp³-hybridized carbons (Fsp3) is 0.786. The molecule has 1 saturated carbocycles. The first-order valence-electron chi connectivity index (χ1n) is 7.88. The number of nitrogens with two attached hydrogens (primary N) is 1. The van der Waals surface area contributed by atoms with Crippen LogP contribution in [-0.2, 0) is 23.0 Å². The summed E-state index contributed by atoms with van der Waals surface area (Å²) in [6.45, 7) is 1.21. The van der Waals surface area contributed by atoms with Crippen molar-refractivity contribution in [2.24, 2.45) is 11.7 Å². The van der Waals surface area contributed by atoms with Gasteiger partial charge in [0.25, 0.3) is 10.0 Å². The number of imidazole rings is 1. The Labute approximate surface area is 138 Å². The largest absolute Gasteiger partial charge is 0.333 e. The summed E-state index contributed by atoms with van der Waals surface area (Å²) in [5, 5.41) is 0.149. The highest BCUT2D eigenvalue weighted by molar-refractivity contribution is 7.89. The Bertz CT molecular complexity index is 572. The number of hydrogen-bond acceptors (Lipinski definition) is 4. The van der Waals surface area contributed by atoms with E-state index in [4.69, 9.17) is 5.73 Å². The Morgan fingerprint density at radius 1 is 1.32 bits per heavy atom. The zero-order chi connectivity index (χ0) is 14.9. The first-order valence-corrected chi connectivity index (χ1v) is 9.37. The molecule has 3 rings (SSSR count). The number of rotatable bonds is 5. The van der Waals surface area contributed by atoms with Crippen molar-refractivity contribution < 1.29 is 8.42 Å². The Kier molecular flexibility index (Phi) is 5.87. The summed E-state index contributed by atoms with van der Waals surface area (Å²) in [7, 11) is -3.57. The zero-order valence-electron chi connectivity index (χ0n) is 12.7. The van der Waals surface area contributed by atoms with Crippen molar-refractivity contribution in [2.75, 3.05) is 6.54 Å². The molecule has 126 valence electrons. The summed E-state index contributed by atoms with van der Waals surface area (Å²) >= 11 is 0. The van der Waals surface area contributed by atoms with Gasteiger partial charge in [-0.3, -0.25) is 0 Å². The van der Waals surface area contributed by atoms with Crippen molar-refractivity contribution in [3.05, 3.63) is 12.0 Å². The Balaban J connectivity index is 0.00000176. The summed E-state index contributed by atoms with van der Waals surface area (Å²) in [6.07, 6.45) is 9.15. The molecule has 0 saturated heterocycles. The molecule has 1 aromatic rings. The van der Waals surface area contributed by atoms with E-state index < -0.39 is 10.0 Å². The minimum absolute atomic E-state index is 0. The average molecular weight is 349 g/mol. The summed E-state index contributed by atoms with van der Waals surface area (Å²) in [6, 6.07) is -0.170. The third-order valence-corrected chi connectivity index (χ3v) is 6.05. The van der Waals surface area contributed by atoms with E-state index in [2.05, 4.69) is 9.71 Å². The topological polar surface area (TPSA) is 90.0 Å². The van der Waals surface area contributed by atoms with Crippen LogP contribution < -0.4 is 10.5 Å². The van der Waals surface area contributed by atoms with Crippen LogP contribution in [0.15, 0.2) is 11.2 Å². The summed E-state index contributed by atoms with van der Waals surface area (Å²) in [5.41, 5.74) is 5.78. The van der Waals surface area contributed by atoms with Crippen LogP contribution in [0.2, 0.25) is 0 Å². The van der Waals surface area contributed by atoms with Crippen LogP contribution in [0.1, 0.15) is 44.3 Å². The molecule has 0 bridgehead atoms. The number of halogens is 1. The highest BCUT2D eigenvalue weighted by Gasteiger charge is 2.30. The molecule has 1 unspecified atom stereocenters. The summed E-state index contributed by atoms with van der Waals surface area (Å²) in [4.78, 5) is 4.31. The maximum Gasteiger partial charge on any atom is 0.259 e. The van der Waals surface area contributed by atoms with Gasteiger partial charge in [0.05, 0.1) is 0 Å². The molecule has 22 heavy (non-hydrogen) atoms. The molecule has 1 aliphatic carbocycles. The second-order valence-corrected chi connectivity index (χ2v) is 7.81. The van der Waals surface area contributed by atoms with Gasteiger partial charge in [0, 0.05) is 31.7 Å². The van der Waals surface area contributed by atoms with Crippen LogP contribution in [0.4, 0.5) is 0 Å². The van der Waals surface area contributed by atoms with E-state index in [0.717, 1.165) is 44.5 Å². The lowest BCUT2D eigenvalue weighted by atomic mass is 9.99. The normalized spacial score (nSPS) is 20.4. The first kappa shape index (κ1) is 17.7. The molecule has 0 amide bonds. The molecule has 6 nitrogen and oxygen atoms in total. The van der Waals surface area contributed by atoms with E-state index in [-0.39, 0.29) is 23.5 Å². The minimum atomic E-state index is -3.57. The van der Waals surface area contributed by atoms with Crippen LogP contribution >= 0.6 is 12.4 Å². The molecule has 8 heteroatoms. The molecule has 1 aliphatic heterocycles. The number of aromatic nitrogens is 2. The second-order valence-electron chi connectivity index (χ2n) is 6.15. The quantitative estimate of drug-likeness (QED) is 0.842. The maximum absolute atomic E-state index is 12.5. The van der Waals surface area contributed by atoms with Gasteiger partial charge >= 0.3 is 0 Å². The van der Waals surface area contributed by atoms with Gasteiger partial charge in [0.2, 0.25) is 0 Å². The van der Waals surface area contributed by atoms with Gasteiger partial charge < -0.3 is 10.3 Å². The fourth-order valence-electron chi connectivity index (χ4n) is 3.47. The van der Waals surface area contributed by atoms with Gasteiger partial charge in [-0.05, 0) is 31.6 Å². The molecule has 0 aromatic carbocycles. The third-order valence-electron chi connectivity index (χ3n) is 4.69. The van der Waals surface area contributed by atoms with Crippen LogP contribution in [0.25, 0.3) is 0 Å². The van der Waals surface area contributed by atoms with Crippen molar-refractivity contribution >= 4 is 22.4 Å². The smallest absolute Gasteiger partial charge is 0.259 e. The highest BCUT2D eigenvalue weighted by Crippen LogP contribution is 2.28. The lowest BCUT2D eigenvalue weighted by Gasteiger charge is -2.22. The number of hydrogen-bond donors (Lipinski definition) is 2.